The highest BCUT2D eigenvalue weighted by Gasteiger charge is 2.18. The zero-order valence-corrected chi connectivity index (χ0v) is 16.4. The summed E-state index contributed by atoms with van der Waals surface area (Å²) in [5.41, 5.74) is 2.52. The standard InChI is InChI=1S/C22H25NO5/c1-14-4-7-19(26-3)17(12-14)15(2)23-22(25)9-6-18(24)16-5-8-20-21(13-16)28-11-10-27-20/h4-5,7-8,12-13,15H,6,9-11H2,1-3H3,(H,23,25)/t15-/m0/s1. The molecular formula is C22H25NO5. The summed E-state index contributed by atoms with van der Waals surface area (Å²) in [6.45, 7) is 4.86. The van der Waals surface area contributed by atoms with Crippen molar-refractivity contribution in [2.75, 3.05) is 20.3 Å². The lowest BCUT2D eigenvalue weighted by Gasteiger charge is -2.19. The van der Waals surface area contributed by atoms with Gasteiger partial charge in [0.25, 0.3) is 0 Å². The van der Waals surface area contributed by atoms with Crippen LogP contribution in [0.2, 0.25) is 0 Å². The summed E-state index contributed by atoms with van der Waals surface area (Å²) in [7, 11) is 1.61. The third kappa shape index (κ3) is 4.63. The number of hydrogen-bond acceptors (Lipinski definition) is 5. The first kappa shape index (κ1) is 19.7. The first-order valence-electron chi connectivity index (χ1n) is 9.34. The van der Waals surface area contributed by atoms with Crippen LogP contribution in [-0.2, 0) is 4.79 Å². The Kier molecular flexibility index (Phi) is 6.19. The number of methoxy groups -OCH3 is 1. The Labute approximate surface area is 164 Å². The molecular weight excluding hydrogens is 358 g/mol. The van der Waals surface area contributed by atoms with Crippen LogP contribution in [0.5, 0.6) is 17.2 Å². The summed E-state index contributed by atoms with van der Waals surface area (Å²) in [5, 5.41) is 2.94. The van der Waals surface area contributed by atoms with Gasteiger partial charge in [0, 0.05) is 24.0 Å². The third-order valence-corrected chi connectivity index (χ3v) is 4.67. The van der Waals surface area contributed by atoms with Crippen molar-refractivity contribution in [3.63, 3.8) is 0 Å². The van der Waals surface area contributed by atoms with Crippen molar-refractivity contribution >= 4 is 11.7 Å². The Morgan fingerprint density at radius 3 is 2.57 bits per heavy atom. The molecule has 6 heteroatoms. The molecule has 148 valence electrons. The Hall–Kier alpha value is -3.02. The van der Waals surface area contributed by atoms with Crippen LogP contribution < -0.4 is 19.5 Å². The van der Waals surface area contributed by atoms with E-state index in [1.54, 1.807) is 25.3 Å². The lowest BCUT2D eigenvalue weighted by molar-refractivity contribution is -0.121. The largest absolute Gasteiger partial charge is 0.496 e. The molecule has 2 aromatic rings. The summed E-state index contributed by atoms with van der Waals surface area (Å²) in [4.78, 5) is 24.8. The molecule has 2 aromatic carbocycles. The number of ether oxygens (including phenoxy) is 3. The highest BCUT2D eigenvalue weighted by molar-refractivity contribution is 5.98. The van der Waals surface area contributed by atoms with Crippen LogP contribution in [0.15, 0.2) is 36.4 Å². The molecule has 6 nitrogen and oxygen atoms in total. The SMILES string of the molecule is COc1ccc(C)cc1[C@H](C)NC(=O)CCC(=O)c1ccc2c(c1)OCCO2. The summed E-state index contributed by atoms with van der Waals surface area (Å²) >= 11 is 0. The van der Waals surface area contributed by atoms with Gasteiger partial charge in [-0.25, -0.2) is 0 Å². The maximum Gasteiger partial charge on any atom is 0.220 e. The number of amides is 1. The highest BCUT2D eigenvalue weighted by Crippen LogP contribution is 2.31. The average Bonchev–Trinajstić information content (AvgIpc) is 2.71. The van der Waals surface area contributed by atoms with E-state index in [2.05, 4.69) is 5.32 Å². The molecule has 1 aliphatic heterocycles. The Balaban J connectivity index is 1.57. The van der Waals surface area contributed by atoms with E-state index < -0.39 is 0 Å². The number of ketones is 1. The highest BCUT2D eigenvalue weighted by atomic mass is 16.6. The fourth-order valence-electron chi connectivity index (χ4n) is 3.17. The van der Waals surface area contributed by atoms with Crippen molar-refractivity contribution in [1.82, 2.24) is 5.32 Å². The average molecular weight is 383 g/mol. The molecule has 0 spiro atoms. The van der Waals surface area contributed by atoms with E-state index >= 15 is 0 Å². The second-order valence-electron chi connectivity index (χ2n) is 6.82. The molecule has 0 bridgehead atoms. The van der Waals surface area contributed by atoms with Crippen molar-refractivity contribution in [3.05, 3.63) is 53.1 Å². The van der Waals surface area contributed by atoms with Gasteiger partial charge in [-0.15, -0.1) is 0 Å². The molecule has 0 aromatic heterocycles. The zero-order valence-electron chi connectivity index (χ0n) is 16.4. The van der Waals surface area contributed by atoms with Crippen molar-refractivity contribution in [1.29, 1.82) is 0 Å². The van der Waals surface area contributed by atoms with Gasteiger partial charge < -0.3 is 19.5 Å². The first-order chi connectivity index (χ1) is 13.5. The summed E-state index contributed by atoms with van der Waals surface area (Å²) in [6, 6.07) is 10.7. The lowest BCUT2D eigenvalue weighted by atomic mass is 10.0. The maximum absolute atomic E-state index is 12.4. The van der Waals surface area contributed by atoms with Crippen molar-refractivity contribution in [2.45, 2.75) is 32.7 Å². The van der Waals surface area contributed by atoms with Crippen LogP contribution >= 0.6 is 0 Å². The van der Waals surface area contributed by atoms with E-state index in [0.29, 0.717) is 30.3 Å². The number of nitrogens with one attached hydrogen (secondary N) is 1. The van der Waals surface area contributed by atoms with Crippen LogP contribution in [0.25, 0.3) is 0 Å². The summed E-state index contributed by atoms with van der Waals surface area (Å²) in [5.74, 6) is 1.66. The van der Waals surface area contributed by atoms with Crippen molar-refractivity contribution in [2.24, 2.45) is 0 Å². The van der Waals surface area contributed by atoms with Gasteiger partial charge in [-0.05, 0) is 38.1 Å². The fourth-order valence-corrected chi connectivity index (χ4v) is 3.17. The maximum atomic E-state index is 12.4. The van der Waals surface area contributed by atoms with Gasteiger partial charge >= 0.3 is 0 Å². The zero-order chi connectivity index (χ0) is 20.1. The topological polar surface area (TPSA) is 73.9 Å². The van der Waals surface area contributed by atoms with Crippen LogP contribution in [0, 0.1) is 6.92 Å². The Bertz CT molecular complexity index is 877. The second kappa shape index (κ2) is 8.78. The van der Waals surface area contributed by atoms with Gasteiger partial charge in [-0.2, -0.15) is 0 Å². The minimum Gasteiger partial charge on any atom is -0.496 e. The smallest absolute Gasteiger partial charge is 0.220 e. The number of carbonyl (C=O) groups is 2. The van der Waals surface area contributed by atoms with Gasteiger partial charge in [-0.3, -0.25) is 9.59 Å². The molecule has 1 aliphatic rings. The molecule has 0 saturated carbocycles. The van der Waals surface area contributed by atoms with Gasteiger partial charge in [0.1, 0.15) is 19.0 Å². The monoisotopic (exact) mass is 383 g/mol. The molecule has 1 N–H and O–H groups in total. The van der Waals surface area contributed by atoms with E-state index in [1.165, 1.54) is 0 Å². The Morgan fingerprint density at radius 2 is 1.82 bits per heavy atom. The molecule has 1 heterocycles. The van der Waals surface area contributed by atoms with Gasteiger partial charge in [0.15, 0.2) is 17.3 Å². The molecule has 1 amide bonds. The Morgan fingerprint density at radius 1 is 1.07 bits per heavy atom. The van der Waals surface area contributed by atoms with E-state index in [9.17, 15) is 9.59 Å². The molecule has 0 radical (unpaired) electrons. The molecule has 3 rings (SSSR count). The number of rotatable bonds is 7. The van der Waals surface area contributed by atoms with Gasteiger partial charge in [0.2, 0.25) is 5.91 Å². The van der Waals surface area contributed by atoms with Crippen molar-refractivity contribution in [3.8, 4) is 17.2 Å². The normalized spacial score (nSPS) is 13.5. The van der Waals surface area contributed by atoms with Crippen molar-refractivity contribution < 1.29 is 23.8 Å². The predicted octanol–water partition coefficient (Wildman–Crippen LogP) is 3.62. The molecule has 28 heavy (non-hydrogen) atoms. The number of carbonyl (C=O) groups excluding carboxylic acids is 2. The molecule has 0 unspecified atom stereocenters. The molecule has 0 saturated heterocycles. The summed E-state index contributed by atoms with van der Waals surface area (Å²) in [6.07, 6.45) is 0.245. The second-order valence-corrected chi connectivity index (χ2v) is 6.82. The number of Topliss-reactive ketones (excluding diaryl/α,β-unsaturated/α-hetero) is 1. The fraction of sp³-hybridized carbons (Fsp3) is 0.364. The minimum absolute atomic E-state index is 0.104. The quantitative estimate of drug-likeness (QED) is 0.740. The predicted molar refractivity (Wildman–Crippen MR) is 105 cm³/mol. The van der Waals surface area contributed by atoms with Crippen LogP contribution in [0.4, 0.5) is 0 Å². The molecule has 1 atom stereocenters. The third-order valence-electron chi connectivity index (χ3n) is 4.67. The number of fused-ring (bicyclic) bond motifs is 1. The van der Waals surface area contributed by atoms with Gasteiger partial charge in [0.05, 0.1) is 13.2 Å². The molecule has 0 fully saturated rings. The lowest BCUT2D eigenvalue weighted by Crippen LogP contribution is -2.27. The number of aryl methyl sites for hydroxylation is 1. The van der Waals surface area contributed by atoms with Crippen LogP contribution in [0.3, 0.4) is 0 Å². The first-order valence-corrected chi connectivity index (χ1v) is 9.34. The van der Waals surface area contributed by atoms with Crippen LogP contribution in [0.1, 0.15) is 47.3 Å². The van der Waals surface area contributed by atoms with E-state index in [4.69, 9.17) is 14.2 Å². The summed E-state index contributed by atoms with van der Waals surface area (Å²) < 4.78 is 16.3. The number of benzene rings is 2. The number of hydrogen-bond donors (Lipinski definition) is 1. The van der Waals surface area contributed by atoms with Crippen LogP contribution in [-0.4, -0.2) is 32.0 Å². The van der Waals surface area contributed by atoms with Gasteiger partial charge in [-0.1, -0.05) is 17.7 Å². The minimum atomic E-state index is -0.216. The van der Waals surface area contributed by atoms with E-state index in [-0.39, 0.29) is 30.6 Å². The van der Waals surface area contributed by atoms with E-state index in [0.717, 1.165) is 16.9 Å². The van der Waals surface area contributed by atoms with E-state index in [1.807, 2.05) is 32.0 Å². The molecule has 0 aliphatic carbocycles.